The number of benzene rings is 1. The lowest BCUT2D eigenvalue weighted by molar-refractivity contribution is 0.411. The lowest BCUT2D eigenvalue weighted by Gasteiger charge is -2.18. The molecule has 0 bridgehead atoms. The summed E-state index contributed by atoms with van der Waals surface area (Å²) in [6, 6.07) is 6.22. The first kappa shape index (κ1) is 11.8. The van der Waals surface area contributed by atoms with E-state index in [1.807, 2.05) is 6.07 Å². The lowest BCUT2D eigenvalue weighted by atomic mass is 9.87. The molecule has 4 heteroatoms. The Kier molecular flexibility index (Phi) is 2.96. The van der Waals surface area contributed by atoms with Crippen molar-refractivity contribution in [2.45, 2.75) is 27.2 Å². The Morgan fingerprint density at radius 1 is 1.29 bits per heavy atom. The minimum atomic E-state index is 0.281. The molecule has 17 heavy (non-hydrogen) atoms. The van der Waals surface area contributed by atoms with Gasteiger partial charge in [0.05, 0.1) is 5.69 Å². The first-order valence-electron chi connectivity index (χ1n) is 5.64. The van der Waals surface area contributed by atoms with E-state index in [0.29, 0.717) is 0 Å². The fourth-order valence-corrected chi connectivity index (χ4v) is 1.86. The highest BCUT2D eigenvalue weighted by atomic mass is 15.5. The standard InChI is InChI=1S/C13H17N4/c1-10-7-11(8-13(2,3)4)5-6-12(10)17-9-14-15-16-17/h5-7,9H,1,8H2,2-4H3. The molecule has 0 aliphatic rings. The van der Waals surface area contributed by atoms with Gasteiger partial charge in [0.2, 0.25) is 0 Å². The van der Waals surface area contributed by atoms with Crippen molar-refractivity contribution in [1.29, 1.82) is 0 Å². The Hall–Kier alpha value is -1.71. The van der Waals surface area contributed by atoms with Gasteiger partial charge in [0.1, 0.15) is 6.33 Å². The zero-order chi connectivity index (χ0) is 12.5. The molecule has 1 radical (unpaired) electrons. The summed E-state index contributed by atoms with van der Waals surface area (Å²) in [6.45, 7) is 10.7. The van der Waals surface area contributed by atoms with Crippen LogP contribution in [0, 0.1) is 12.3 Å². The maximum atomic E-state index is 4.05. The molecule has 0 fully saturated rings. The Morgan fingerprint density at radius 3 is 2.59 bits per heavy atom. The van der Waals surface area contributed by atoms with Crippen LogP contribution in [0.1, 0.15) is 31.9 Å². The quantitative estimate of drug-likeness (QED) is 0.794. The van der Waals surface area contributed by atoms with Gasteiger partial charge < -0.3 is 0 Å². The third-order valence-electron chi connectivity index (χ3n) is 2.47. The Balaban J connectivity index is 2.30. The molecule has 4 nitrogen and oxygen atoms in total. The Bertz CT molecular complexity index is 495. The van der Waals surface area contributed by atoms with Crippen LogP contribution in [0.15, 0.2) is 24.5 Å². The van der Waals surface area contributed by atoms with Gasteiger partial charge in [-0.15, -0.1) is 5.10 Å². The normalized spacial score (nSPS) is 11.8. The van der Waals surface area contributed by atoms with E-state index in [2.05, 4.69) is 55.4 Å². The summed E-state index contributed by atoms with van der Waals surface area (Å²) in [7, 11) is 0. The van der Waals surface area contributed by atoms with Crippen molar-refractivity contribution in [1.82, 2.24) is 20.2 Å². The highest BCUT2D eigenvalue weighted by Crippen LogP contribution is 2.23. The number of hydrogen-bond donors (Lipinski definition) is 0. The zero-order valence-electron chi connectivity index (χ0n) is 10.5. The molecule has 2 aromatic rings. The topological polar surface area (TPSA) is 43.6 Å². The molecule has 0 saturated heterocycles. The fraction of sp³-hybridized carbons (Fsp3) is 0.385. The maximum Gasteiger partial charge on any atom is 0.143 e. The summed E-state index contributed by atoms with van der Waals surface area (Å²) >= 11 is 0. The third-order valence-corrected chi connectivity index (χ3v) is 2.47. The van der Waals surface area contributed by atoms with Crippen LogP contribution in [0.4, 0.5) is 0 Å². The summed E-state index contributed by atoms with van der Waals surface area (Å²) in [5, 5.41) is 11.1. The van der Waals surface area contributed by atoms with Crippen molar-refractivity contribution in [3.8, 4) is 5.69 Å². The molecule has 1 aromatic heterocycles. The van der Waals surface area contributed by atoms with Crippen molar-refractivity contribution in [3.63, 3.8) is 0 Å². The highest BCUT2D eigenvalue weighted by Gasteiger charge is 2.12. The first-order valence-corrected chi connectivity index (χ1v) is 5.64. The number of hydrogen-bond acceptors (Lipinski definition) is 3. The maximum absolute atomic E-state index is 4.05. The summed E-state index contributed by atoms with van der Waals surface area (Å²) in [5.41, 5.74) is 3.44. The van der Waals surface area contributed by atoms with E-state index in [0.717, 1.165) is 17.7 Å². The van der Waals surface area contributed by atoms with Crippen molar-refractivity contribution in [2.75, 3.05) is 0 Å². The summed E-state index contributed by atoms with van der Waals surface area (Å²) < 4.78 is 1.63. The third kappa shape index (κ3) is 2.90. The minimum absolute atomic E-state index is 0.281. The molecule has 0 saturated carbocycles. The summed E-state index contributed by atoms with van der Waals surface area (Å²) in [5.74, 6) is 0. The average Bonchev–Trinajstić information content (AvgIpc) is 2.68. The Morgan fingerprint density at radius 2 is 2.06 bits per heavy atom. The van der Waals surface area contributed by atoms with E-state index in [1.54, 1.807) is 11.0 Å². The molecular weight excluding hydrogens is 212 g/mol. The van der Waals surface area contributed by atoms with E-state index in [9.17, 15) is 0 Å². The molecule has 0 atom stereocenters. The van der Waals surface area contributed by atoms with Crippen molar-refractivity contribution < 1.29 is 0 Å². The van der Waals surface area contributed by atoms with E-state index in [1.165, 1.54) is 5.56 Å². The van der Waals surface area contributed by atoms with E-state index in [-0.39, 0.29) is 5.41 Å². The predicted molar refractivity (Wildman–Crippen MR) is 66.8 cm³/mol. The second-order valence-electron chi connectivity index (χ2n) is 5.45. The molecule has 1 heterocycles. The van der Waals surface area contributed by atoms with Gasteiger partial charge in [0, 0.05) is 0 Å². The second-order valence-corrected chi connectivity index (χ2v) is 5.45. The van der Waals surface area contributed by atoms with Gasteiger partial charge in [-0.3, -0.25) is 0 Å². The second kappa shape index (κ2) is 4.28. The molecule has 0 aliphatic carbocycles. The van der Waals surface area contributed by atoms with Gasteiger partial charge >= 0.3 is 0 Å². The van der Waals surface area contributed by atoms with Crippen LogP contribution in [0.5, 0.6) is 0 Å². The van der Waals surface area contributed by atoms with Gasteiger partial charge in [-0.1, -0.05) is 32.9 Å². The molecule has 0 aliphatic heterocycles. The van der Waals surface area contributed by atoms with E-state index in [4.69, 9.17) is 0 Å². The predicted octanol–water partition coefficient (Wildman–Crippen LogP) is 2.43. The molecule has 89 valence electrons. The van der Waals surface area contributed by atoms with Crippen molar-refractivity contribution in [2.24, 2.45) is 5.41 Å². The summed E-state index contributed by atoms with van der Waals surface area (Å²) in [4.78, 5) is 0. The van der Waals surface area contributed by atoms with Crippen LogP contribution in [0.3, 0.4) is 0 Å². The lowest BCUT2D eigenvalue weighted by Crippen LogP contribution is -2.09. The van der Waals surface area contributed by atoms with Crippen LogP contribution >= 0.6 is 0 Å². The van der Waals surface area contributed by atoms with Crippen LogP contribution < -0.4 is 0 Å². The van der Waals surface area contributed by atoms with Gasteiger partial charge in [-0.25, -0.2) is 4.68 Å². The van der Waals surface area contributed by atoms with Crippen molar-refractivity contribution >= 4 is 0 Å². The average molecular weight is 229 g/mol. The SMILES string of the molecule is [CH2]c1cc(CC(C)(C)C)ccc1-n1cnnn1. The minimum Gasteiger partial charge on any atom is -0.200 e. The zero-order valence-corrected chi connectivity index (χ0v) is 10.5. The number of nitrogens with zero attached hydrogens (tertiary/aromatic N) is 4. The number of aromatic nitrogens is 4. The van der Waals surface area contributed by atoms with E-state index >= 15 is 0 Å². The number of rotatable bonds is 2. The number of tetrazole rings is 1. The van der Waals surface area contributed by atoms with Gasteiger partial charge in [0.25, 0.3) is 0 Å². The molecule has 0 amide bonds. The molecule has 2 rings (SSSR count). The van der Waals surface area contributed by atoms with Crippen molar-refractivity contribution in [3.05, 3.63) is 42.6 Å². The molecule has 0 spiro atoms. The van der Waals surface area contributed by atoms with Gasteiger partial charge in [-0.05, 0) is 46.4 Å². The molecule has 0 N–H and O–H groups in total. The van der Waals surface area contributed by atoms with Gasteiger partial charge in [-0.2, -0.15) is 0 Å². The summed E-state index contributed by atoms with van der Waals surface area (Å²) in [6.07, 6.45) is 2.61. The smallest absolute Gasteiger partial charge is 0.143 e. The fourth-order valence-electron chi connectivity index (χ4n) is 1.86. The van der Waals surface area contributed by atoms with E-state index < -0.39 is 0 Å². The largest absolute Gasteiger partial charge is 0.200 e. The van der Waals surface area contributed by atoms with Crippen LogP contribution in [0.25, 0.3) is 5.69 Å². The van der Waals surface area contributed by atoms with Crippen LogP contribution in [0.2, 0.25) is 0 Å². The molecular formula is C13H17N4. The molecule has 0 unspecified atom stereocenters. The van der Waals surface area contributed by atoms with Crippen LogP contribution in [-0.2, 0) is 6.42 Å². The van der Waals surface area contributed by atoms with Gasteiger partial charge in [0.15, 0.2) is 0 Å². The monoisotopic (exact) mass is 229 g/mol. The highest BCUT2D eigenvalue weighted by molar-refractivity contribution is 5.44. The van der Waals surface area contributed by atoms with Crippen LogP contribution in [-0.4, -0.2) is 20.2 Å². The molecule has 1 aromatic carbocycles. The Labute approximate surface area is 102 Å². The first-order chi connectivity index (χ1) is 7.96.